The lowest BCUT2D eigenvalue weighted by Crippen LogP contribution is -1.95. The highest BCUT2D eigenvalue weighted by Crippen LogP contribution is 2.32. The molecule has 35 heavy (non-hydrogen) atoms. The minimum atomic E-state index is 0.558. The van der Waals surface area contributed by atoms with Crippen LogP contribution in [0.3, 0.4) is 0 Å². The molecule has 0 aliphatic carbocycles. The molecule has 0 aliphatic heterocycles. The summed E-state index contributed by atoms with van der Waals surface area (Å²) >= 11 is 6.55. The molecular weight excluding hydrogens is 458 g/mol. The number of aromatic nitrogens is 3. The van der Waals surface area contributed by atoms with E-state index in [1.807, 2.05) is 61.9 Å². The number of ether oxygens (including phenoxy) is 1. The molecule has 0 spiro atoms. The quantitative estimate of drug-likeness (QED) is 0.222. The van der Waals surface area contributed by atoms with Gasteiger partial charge < -0.3 is 20.4 Å². The van der Waals surface area contributed by atoms with Crippen molar-refractivity contribution >= 4 is 39.6 Å². The van der Waals surface area contributed by atoms with Crippen molar-refractivity contribution in [1.82, 2.24) is 20.3 Å². The number of nitrogens with zero attached hydrogens (tertiary/aromatic N) is 2. The zero-order valence-electron chi connectivity index (χ0n) is 20.7. The SMILES string of the molecule is C=C/C(=C\NC)c1cc2cnc(Nc3ccc(-c4ccnc(OC)c4)cc3Cl)cc2[nH]1.CCCC. The van der Waals surface area contributed by atoms with E-state index in [1.165, 1.54) is 12.8 Å². The Balaban J connectivity index is 0.000000795. The van der Waals surface area contributed by atoms with E-state index in [-0.39, 0.29) is 0 Å². The van der Waals surface area contributed by atoms with Crippen molar-refractivity contribution in [1.29, 1.82) is 0 Å². The Labute approximate surface area is 212 Å². The fraction of sp³-hybridized carbons (Fsp3) is 0.214. The first-order valence-corrected chi connectivity index (χ1v) is 12.0. The van der Waals surface area contributed by atoms with Gasteiger partial charge in [-0.3, -0.25) is 0 Å². The van der Waals surface area contributed by atoms with Gasteiger partial charge in [-0.1, -0.05) is 57.0 Å². The zero-order valence-corrected chi connectivity index (χ0v) is 21.4. The van der Waals surface area contributed by atoms with E-state index in [0.717, 1.165) is 39.0 Å². The lowest BCUT2D eigenvalue weighted by atomic mass is 10.1. The van der Waals surface area contributed by atoms with Crippen LogP contribution < -0.4 is 15.4 Å². The van der Waals surface area contributed by atoms with Crippen molar-refractivity contribution < 1.29 is 4.74 Å². The first kappa shape index (κ1) is 25.8. The van der Waals surface area contributed by atoms with Crippen LogP contribution in [0.15, 0.2) is 73.7 Å². The molecule has 1 aromatic carbocycles. The number of methoxy groups -OCH3 is 1. The number of benzene rings is 1. The summed E-state index contributed by atoms with van der Waals surface area (Å²) in [5.74, 6) is 1.25. The third-order valence-electron chi connectivity index (χ3n) is 5.34. The lowest BCUT2D eigenvalue weighted by Gasteiger charge is -2.10. The van der Waals surface area contributed by atoms with E-state index in [2.05, 4.69) is 46.0 Å². The third kappa shape index (κ3) is 6.64. The molecule has 0 radical (unpaired) electrons. The van der Waals surface area contributed by atoms with Gasteiger partial charge in [0.05, 0.1) is 23.3 Å². The summed E-state index contributed by atoms with van der Waals surface area (Å²) in [5, 5.41) is 7.93. The average molecular weight is 490 g/mol. The summed E-state index contributed by atoms with van der Waals surface area (Å²) in [5.41, 5.74) is 5.63. The number of hydrogen-bond donors (Lipinski definition) is 3. The van der Waals surface area contributed by atoms with Crippen molar-refractivity contribution in [3.8, 4) is 17.0 Å². The number of unbranched alkanes of at least 4 members (excludes halogenated alkanes) is 1. The number of pyridine rings is 2. The summed E-state index contributed by atoms with van der Waals surface area (Å²) in [6.45, 7) is 8.23. The molecule has 6 nitrogen and oxygen atoms in total. The Morgan fingerprint density at radius 3 is 2.51 bits per heavy atom. The smallest absolute Gasteiger partial charge is 0.213 e. The van der Waals surface area contributed by atoms with Crippen LogP contribution in [-0.2, 0) is 0 Å². The molecule has 3 aromatic heterocycles. The third-order valence-corrected chi connectivity index (χ3v) is 5.66. The molecular formula is C28H32ClN5O. The molecule has 4 aromatic rings. The molecule has 0 bridgehead atoms. The number of allylic oxidation sites excluding steroid dienone is 2. The molecule has 0 fully saturated rings. The van der Waals surface area contributed by atoms with E-state index in [0.29, 0.717) is 16.7 Å². The van der Waals surface area contributed by atoms with E-state index in [1.54, 1.807) is 19.4 Å². The molecule has 3 heterocycles. The van der Waals surface area contributed by atoms with Gasteiger partial charge in [-0.05, 0) is 35.4 Å². The van der Waals surface area contributed by atoms with Gasteiger partial charge in [-0.25, -0.2) is 9.97 Å². The number of rotatable bonds is 8. The van der Waals surface area contributed by atoms with E-state index < -0.39 is 0 Å². The largest absolute Gasteiger partial charge is 0.481 e. The Morgan fingerprint density at radius 2 is 1.86 bits per heavy atom. The number of H-pyrrole nitrogens is 1. The predicted molar refractivity (Wildman–Crippen MR) is 148 cm³/mol. The van der Waals surface area contributed by atoms with Gasteiger partial charge >= 0.3 is 0 Å². The van der Waals surface area contributed by atoms with Crippen molar-refractivity contribution in [2.24, 2.45) is 0 Å². The van der Waals surface area contributed by atoms with Crippen molar-refractivity contribution in [3.05, 3.63) is 84.4 Å². The summed E-state index contributed by atoms with van der Waals surface area (Å²) in [6, 6.07) is 13.6. The van der Waals surface area contributed by atoms with Gasteiger partial charge in [0.15, 0.2) is 0 Å². The summed E-state index contributed by atoms with van der Waals surface area (Å²) in [4.78, 5) is 12.1. The number of fused-ring (bicyclic) bond motifs is 1. The Bertz CT molecular complexity index is 1310. The molecule has 0 unspecified atom stereocenters. The van der Waals surface area contributed by atoms with Crippen LogP contribution in [-0.4, -0.2) is 29.1 Å². The number of hydrogen-bond acceptors (Lipinski definition) is 5. The van der Waals surface area contributed by atoms with Crippen LogP contribution in [0.1, 0.15) is 32.4 Å². The predicted octanol–water partition coefficient (Wildman–Crippen LogP) is 7.58. The highest BCUT2D eigenvalue weighted by molar-refractivity contribution is 6.33. The number of halogens is 1. The maximum Gasteiger partial charge on any atom is 0.213 e. The van der Waals surface area contributed by atoms with Crippen molar-refractivity contribution in [3.63, 3.8) is 0 Å². The fourth-order valence-corrected chi connectivity index (χ4v) is 3.51. The maximum atomic E-state index is 6.55. The molecule has 3 N–H and O–H groups in total. The lowest BCUT2D eigenvalue weighted by molar-refractivity contribution is 0.398. The highest BCUT2D eigenvalue weighted by atomic mass is 35.5. The minimum absolute atomic E-state index is 0.558. The van der Waals surface area contributed by atoms with Gasteiger partial charge in [0, 0.05) is 54.4 Å². The first-order chi connectivity index (χ1) is 17.0. The molecule has 4 rings (SSSR count). The Hall–Kier alpha value is -3.77. The second-order valence-electron chi connectivity index (χ2n) is 7.84. The number of anilines is 2. The fourth-order valence-electron chi connectivity index (χ4n) is 3.29. The normalized spacial score (nSPS) is 10.9. The van der Waals surface area contributed by atoms with E-state index in [9.17, 15) is 0 Å². The monoisotopic (exact) mass is 489 g/mol. The average Bonchev–Trinajstić information content (AvgIpc) is 3.31. The van der Waals surface area contributed by atoms with E-state index >= 15 is 0 Å². The van der Waals surface area contributed by atoms with Crippen molar-refractivity contribution in [2.75, 3.05) is 19.5 Å². The minimum Gasteiger partial charge on any atom is -0.481 e. The molecule has 0 saturated carbocycles. The summed E-state index contributed by atoms with van der Waals surface area (Å²) in [7, 11) is 3.45. The Kier molecular flexibility index (Phi) is 9.32. The second kappa shape index (κ2) is 12.6. The van der Waals surface area contributed by atoms with Gasteiger partial charge in [0.2, 0.25) is 5.88 Å². The van der Waals surface area contributed by atoms with Gasteiger partial charge in [0.25, 0.3) is 0 Å². The highest BCUT2D eigenvalue weighted by Gasteiger charge is 2.09. The first-order valence-electron chi connectivity index (χ1n) is 11.6. The molecule has 182 valence electrons. The Morgan fingerprint density at radius 1 is 1.09 bits per heavy atom. The van der Waals surface area contributed by atoms with Crippen LogP contribution in [0.5, 0.6) is 5.88 Å². The molecule has 0 amide bonds. The van der Waals surface area contributed by atoms with Crippen LogP contribution >= 0.6 is 11.6 Å². The molecule has 0 atom stereocenters. The van der Waals surface area contributed by atoms with Gasteiger partial charge in [-0.15, -0.1) is 0 Å². The topological polar surface area (TPSA) is 74.9 Å². The number of nitrogens with one attached hydrogen (secondary N) is 3. The van der Waals surface area contributed by atoms with Gasteiger partial charge in [-0.2, -0.15) is 0 Å². The number of aromatic amines is 1. The second-order valence-corrected chi connectivity index (χ2v) is 8.25. The summed E-state index contributed by atoms with van der Waals surface area (Å²) < 4.78 is 5.20. The standard InChI is InChI=1S/C24H22ClN5O.C4H10/c1-4-15(13-26-2)21-10-18-14-28-23(12-22(18)29-21)30-20-6-5-16(9-19(20)25)17-7-8-27-24(11-17)31-3;1-3-4-2/h4-14,26,29H,1H2,2-3H3,(H,28,30);3-4H2,1-2H3/b15-13+;. The van der Waals surface area contributed by atoms with Gasteiger partial charge in [0.1, 0.15) is 5.82 Å². The molecule has 7 heteroatoms. The van der Waals surface area contributed by atoms with Crippen LogP contribution in [0, 0.1) is 0 Å². The molecule has 0 saturated heterocycles. The van der Waals surface area contributed by atoms with Crippen molar-refractivity contribution in [2.45, 2.75) is 26.7 Å². The van der Waals surface area contributed by atoms with Crippen LogP contribution in [0.25, 0.3) is 27.6 Å². The zero-order chi connectivity index (χ0) is 25.2. The van der Waals surface area contributed by atoms with Crippen LogP contribution in [0.2, 0.25) is 5.02 Å². The maximum absolute atomic E-state index is 6.55. The van der Waals surface area contributed by atoms with Crippen LogP contribution in [0.4, 0.5) is 11.5 Å². The molecule has 0 aliphatic rings. The summed E-state index contributed by atoms with van der Waals surface area (Å²) in [6.07, 6.45) is 9.86. The van der Waals surface area contributed by atoms with E-state index in [4.69, 9.17) is 16.3 Å².